The van der Waals surface area contributed by atoms with Crippen molar-refractivity contribution in [2.45, 2.75) is 45.6 Å². The number of hydrogen-bond donors (Lipinski definition) is 1. The predicted molar refractivity (Wildman–Crippen MR) is 70.5 cm³/mol. The molecule has 104 valence electrons. The third kappa shape index (κ3) is 3.06. The van der Waals surface area contributed by atoms with E-state index in [1.54, 1.807) is 6.08 Å². The van der Waals surface area contributed by atoms with E-state index in [4.69, 9.17) is 4.74 Å². The topological polar surface area (TPSA) is 63.6 Å². The Morgan fingerprint density at radius 1 is 1.42 bits per heavy atom. The average molecular weight is 264 g/mol. The number of ether oxygens (including phenoxy) is 1. The second-order valence-electron chi connectivity index (χ2n) is 5.49. The number of allylic oxidation sites excluding steroid dienone is 3. The van der Waals surface area contributed by atoms with Gasteiger partial charge in [0.25, 0.3) is 0 Å². The summed E-state index contributed by atoms with van der Waals surface area (Å²) in [5, 5.41) is 9.21. The van der Waals surface area contributed by atoms with Crippen LogP contribution in [0.25, 0.3) is 0 Å². The molecule has 1 fully saturated rings. The number of aliphatic carboxylic acids is 1. The number of esters is 1. The Hall–Kier alpha value is -1.58. The minimum Gasteiger partial charge on any atom is -0.478 e. The van der Waals surface area contributed by atoms with Gasteiger partial charge in [-0.15, -0.1) is 0 Å². The zero-order valence-electron chi connectivity index (χ0n) is 11.4. The van der Waals surface area contributed by atoms with Crippen LogP contribution >= 0.6 is 0 Å². The van der Waals surface area contributed by atoms with Gasteiger partial charge in [-0.3, -0.25) is 4.79 Å². The van der Waals surface area contributed by atoms with Crippen LogP contribution in [0.4, 0.5) is 0 Å². The van der Waals surface area contributed by atoms with E-state index in [-0.39, 0.29) is 23.9 Å². The number of rotatable bonds is 1. The number of carbonyl (C=O) groups is 2. The predicted octanol–water partition coefficient (Wildman–Crippen LogP) is 2.70. The van der Waals surface area contributed by atoms with Crippen molar-refractivity contribution < 1.29 is 19.4 Å². The van der Waals surface area contributed by atoms with E-state index >= 15 is 0 Å². The van der Waals surface area contributed by atoms with Gasteiger partial charge in [0.05, 0.1) is 5.92 Å². The normalized spacial score (nSPS) is 37.4. The Balaban J connectivity index is 2.26. The van der Waals surface area contributed by atoms with Gasteiger partial charge in [0, 0.05) is 17.9 Å². The first-order valence-corrected chi connectivity index (χ1v) is 6.77. The Labute approximate surface area is 113 Å². The molecule has 0 saturated carbocycles. The van der Waals surface area contributed by atoms with E-state index in [0.29, 0.717) is 18.4 Å². The second-order valence-corrected chi connectivity index (χ2v) is 5.49. The summed E-state index contributed by atoms with van der Waals surface area (Å²) in [6.45, 7) is 3.93. The Bertz CT molecular complexity index is 447. The summed E-state index contributed by atoms with van der Waals surface area (Å²) >= 11 is 0. The number of fused-ring (bicyclic) bond motifs is 1. The van der Waals surface area contributed by atoms with Crippen LogP contribution in [0, 0.1) is 11.8 Å². The molecule has 0 spiro atoms. The fraction of sp³-hybridized carbons (Fsp3) is 0.600. The first kappa shape index (κ1) is 13.8. The third-order valence-electron chi connectivity index (χ3n) is 4.16. The molecule has 19 heavy (non-hydrogen) atoms. The lowest BCUT2D eigenvalue weighted by Gasteiger charge is -2.20. The molecule has 4 nitrogen and oxygen atoms in total. The van der Waals surface area contributed by atoms with Crippen molar-refractivity contribution in [3.8, 4) is 0 Å². The summed E-state index contributed by atoms with van der Waals surface area (Å²) in [7, 11) is 0. The minimum atomic E-state index is -0.916. The van der Waals surface area contributed by atoms with Gasteiger partial charge in [0.2, 0.25) is 0 Å². The Morgan fingerprint density at radius 3 is 2.84 bits per heavy atom. The fourth-order valence-corrected chi connectivity index (χ4v) is 2.84. The van der Waals surface area contributed by atoms with Crippen molar-refractivity contribution in [3.05, 3.63) is 23.3 Å². The molecule has 1 unspecified atom stereocenters. The highest BCUT2D eigenvalue weighted by atomic mass is 16.6. The van der Waals surface area contributed by atoms with Crippen molar-refractivity contribution in [1.82, 2.24) is 0 Å². The Morgan fingerprint density at radius 2 is 2.16 bits per heavy atom. The highest BCUT2D eigenvalue weighted by molar-refractivity contribution is 5.87. The summed E-state index contributed by atoms with van der Waals surface area (Å²) in [6.07, 6.45) is 6.29. The minimum absolute atomic E-state index is 0.122. The maximum Gasteiger partial charge on any atom is 0.331 e. The van der Waals surface area contributed by atoms with Crippen LogP contribution in [0.15, 0.2) is 23.3 Å². The lowest BCUT2D eigenvalue weighted by molar-refractivity contribution is -0.144. The number of carboxylic acids is 1. The number of carboxylic acid groups (broad SMARTS) is 1. The van der Waals surface area contributed by atoms with E-state index in [2.05, 4.69) is 6.08 Å². The lowest BCUT2D eigenvalue weighted by atomic mass is 9.83. The molecule has 0 bridgehead atoms. The summed E-state index contributed by atoms with van der Waals surface area (Å²) in [6, 6.07) is 0. The molecule has 0 aromatic rings. The van der Waals surface area contributed by atoms with Crippen LogP contribution in [0.1, 0.15) is 39.5 Å². The first-order chi connectivity index (χ1) is 8.99. The molecule has 1 aliphatic carbocycles. The number of hydrogen-bond acceptors (Lipinski definition) is 3. The van der Waals surface area contributed by atoms with Crippen LogP contribution in [-0.4, -0.2) is 23.1 Å². The van der Waals surface area contributed by atoms with Gasteiger partial charge >= 0.3 is 11.9 Å². The molecule has 0 amide bonds. The van der Waals surface area contributed by atoms with Gasteiger partial charge in [0.1, 0.15) is 6.10 Å². The largest absolute Gasteiger partial charge is 0.478 e. The fourth-order valence-electron chi connectivity index (χ4n) is 2.84. The zero-order valence-corrected chi connectivity index (χ0v) is 11.4. The van der Waals surface area contributed by atoms with Crippen LogP contribution in [0.2, 0.25) is 0 Å². The maximum atomic E-state index is 11.7. The molecule has 1 N–H and O–H groups in total. The van der Waals surface area contributed by atoms with Crippen LogP contribution in [-0.2, 0) is 14.3 Å². The summed E-state index contributed by atoms with van der Waals surface area (Å²) in [5.74, 6) is -1.12. The molecule has 1 aliphatic heterocycles. The quantitative estimate of drug-likeness (QED) is 0.584. The van der Waals surface area contributed by atoms with E-state index in [9.17, 15) is 14.7 Å². The van der Waals surface area contributed by atoms with Crippen molar-refractivity contribution in [2.75, 3.05) is 0 Å². The lowest BCUT2D eigenvalue weighted by Crippen LogP contribution is -2.22. The van der Waals surface area contributed by atoms with Gasteiger partial charge in [-0.2, -0.15) is 0 Å². The molecule has 0 aromatic heterocycles. The first-order valence-electron chi connectivity index (χ1n) is 6.77. The standard InChI is InChI=1S/C15H20O4/c1-9-4-3-5-11(14(16)17)8-13-12(7-6-9)10(2)15(18)19-13/h4-5,10,12-13H,3,6-8H2,1-2H3,(H,16,17)/b9-4-,11-5-/t10?,12-,13+/m1/s1. The summed E-state index contributed by atoms with van der Waals surface area (Å²) in [4.78, 5) is 22.9. The second kappa shape index (κ2) is 5.59. The molecule has 0 radical (unpaired) electrons. The van der Waals surface area contributed by atoms with Gasteiger partial charge in [0.15, 0.2) is 0 Å². The van der Waals surface area contributed by atoms with Crippen molar-refractivity contribution in [2.24, 2.45) is 11.8 Å². The molecule has 2 rings (SSSR count). The zero-order chi connectivity index (χ0) is 14.0. The van der Waals surface area contributed by atoms with Gasteiger partial charge in [-0.1, -0.05) is 24.6 Å². The van der Waals surface area contributed by atoms with Crippen molar-refractivity contribution in [3.63, 3.8) is 0 Å². The maximum absolute atomic E-state index is 11.7. The molecular weight excluding hydrogens is 244 g/mol. The van der Waals surface area contributed by atoms with Crippen LogP contribution in [0.3, 0.4) is 0 Å². The summed E-state index contributed by atoms with van der Waals surface area (Å²) < 4.78 is 5.36. The third-order valence-corrected chi connectivity index (χ3v) is 4.16. The smallest absolute Gasteiger partial charge is 0.331 e. The molecule has 4 heteroatoms. The SMILES string of the molecule is C/C1=C/C/C=C(\C(=O)O)C[C@@H]2OC(=O)C(C)[C@H]2CC1. The van der Waals surface area contributed by atoms with Crippen LogP contribution < -0.4 is 0 Å². The van der Waals surface area contributed by atoms with Gasteiger partial charge in [-0.25, -0.2) is 4.79 Å². The van der Waals surface area contributed by atoms with E-state index in [1.165, 1.54) is 5.57 Å². The van der Waals surface area contributed by atoms with Crippen LogP contribution in [0.5, 0.6) is 0 Å². The van der Waals surface area contributed by atoms with Gasteiger partial charge in [-0.05, 0) is 26.2 Å². The van der Waals surface area contributed by atoms with E-state index in [0.717, 1.165) is 12.8 Å². The molecule has 3 atom stereocenters. The van der Waals surface area contributed by atoms with E-state index < -0.39 is 5.97 Å². The highest BCUT2D eigenvalue weighted by Gasteiger charge is 2.42. The van der Waals surface area contributed by atoms with Gasteiger partial charge < -0.3 is 9.84 Å². The molecule has 0 aromatic carbocycles. The van der Waals surface area contributed by atoms with Crippen molar-refractivity contribution >= 4 is 11.9 Å². The Kier molecular flexibility index (Phi) is 4.08. The number of carbonyl (C=O) groups excluding carboxylic acids is 1. The highest BCUT2D eigenvalue weighted by Crippen LogP contribution is 2.36. The monoisotopic (exact) mass is 264 g/mol. The van der Waals surface area contributed by atoms with E-state index in [1.807, 2.05) is 13.8 Å². The molecule has 1 saturated heterocycles. The average Bonchev–Trinajstić information content (AvgIpc) is 2.61. The molecule has 2 aliphatic rings. The molecule has 1 heterocycles. The molecular formula is C15H20O4. The van der Waals surface area contributed by atoms with Crippen molar-refractivity contribution in [1.29, 1.82) is 0 Å². The summed E-state index contributed by atoms with van der Waals surface area (Å²) in [5.41, 5.74) is 1.59.